The van der Waals surface area contributed by atoms with Crippen molar-refractivity contribution in [1.29, 1.82) is 0 Å². The number of nitrogens with zero attached hydrogens (tertiary/aromatic N) is 1. The van der Waals surface area contributed by atoms with E-state index in [1.165, 1.54) is 4.90 Å². The highest BCUT2D eigenvalue weighted by Crippen LogP contribution is 2.32. The zero-order valence-corrected chi connectivity index (χ0v) is 12.3. The lowest BCUT2D eigenvalue weighted by molar-refractivity contribution is -0.139. The molecule has 1 saturated heterocycles. The Balaban J connectivity index is 1.64. The molecule has 3 rings (SSSR count). The number of nitrogens with one attached hydrogen (secondary N) is 1. The van der Waals surface area contributed by atoms with E-state index in [-0.39, 0.29) is 18.2 Å². The van der Waals surface area contributed by atoms with Gasteiger partial charge in [-0.05, 0) is 18.4 Å². The summed E-state index contributed by atoms with van der Waals surface area (Å²) in [5.74, 6) is -0.349. The minimum Gasteiger partial charge on any atom is -0.349 e. The monoisotopic (exact) mass is 330 g/mol. The van der Waals surface area contributed by atoms with Gasteiger partial charge in [-0.2, -0.15) is 13.2 Å². The number of fused-ring (bicyclic) bond motifs is 1. The first-order valence-corrected chi connectivity index (χ1v) is 7.35. The summed E-state index contributed by atoms with van der Waals surface area (Å²) < 4.78 is 36.5. The maximum absolute atomic E-state index is 12.4. The van der Waals surface area contributed by atoms with E-state index in [0.717, 1.165) is 10.9 Å². The van der Waals surface area contributed by atoms with Gasteiger partial charge in [0.15, 0.2) is 0 Å². The molecule has 1 aliphatic rings. The van der Waals surface area contributed by atoms with Crippen molar-refractivity contribution < 1.29 is 18.0 Å². The molecule has 1 aromatic carbocycles. The van der Waals surface area contributed by atoms with Crippen LogP contribution in [0, 0.1) is 5.92 Å². The van der Waals surface area contributed by atoms with Gasteiger partial charge in [0.25, 0.3) is 5.91 Å². The van der Waals surface area contributed by atoms with Gasteiger partial charge in [-0.3, -0.25) is 4.79 Å². The maximum atomic E-state index is 12.4. The lowest BCUT2D eigenvalue weighted by atomic mass is 9.94. The number of hydrogen-bond donors (Lipinski definition) is 1. The van der Waals surface area contributed by atoms with E-state index in [1.54, 1.807) is 0 Å². The quantitative estimate of drug-likeness (QED) is 0.898. The zero-order valence-electron chi connectivity index (χ0n) is 11.6. The molecule has 0 spiro atoms. The van der Waals surface area contributed by atoms with Gasteiger partial charge < -0.3 is 9.88 Å². The van der Waals surface area contributed by atoms with Gasteiger partial charge >= 0.3 is 6.18 Å². The lowest BCUT2D eigenvalue weighted by Gasteiger charge is -2.39. The number of H-pyrrole nitrogens is 1. The summed E-state index contributed by atoms with van der Waals surface area (Å²) in [6.07, 6.45) is -4.87. The van der Waals surface area contributed by atoms with Crippen LogP contribution in [0.1, 0.15) is 23.3 Å². The van der Waals surface area contributed by atoms with Gasteiger partial charge in [-0.1, -0.05) is 29.8 Å². The molecular weight excluding hydrogens is 317 g/mol. The highest BCUT2D eigenvalue weighted by molar-refractivity contribution is 6.38. The molecule has 118 valence electrons. The molecule has 1 N–H and O–H groups in total. The predicted molar refractivity (Wildman–Crippen MR) is 78.0 cm³/mol. The highest BCUT2D eigenvalue weighted by Gasteiger charge is 2.36. The van der Waals surface area contributed by atoms with E-state index in [0.29, 0.717) is 23.8 Å². The molecule has 1 aliphatic heterocycles. The molecule has 2 aromatic rings. The minimum absolute atomic E-state index is 0.0632. The topological polar surface area (TPSA) is 36.1 Å². The second-order valence-electron chi connectivity index (χ2n) is 5.59. The van der Waals surface area contributed by atoms with E-state index in [1.807, 2.05) is 24.3 Å². The Morgan fingerprint density at radius 2 is 2.00 bits per heavy atom. The Hall–Kier alpha value is -1.69. The smallest absolute Gasteiger partial charge is 0.349 e. The van der Waals surface area contributed by atoms with Crippen molar-refractivity contribution in [3.63, 3.8) is 0 Å². The van der Waals surface area contributed by atoms with Gasteiger partial charge in [0.05, 0.1) is 5.02 Å². The van der Waals surface area contributed by atoms with E-state index >= 15 is 0 Å². The zero-order chi connectivity index (χ0) is 15.9. The SMILES string of the molecule is O=C(c1[nH]c2ccccc2c1Cl)N1CC(CCC(F)(F)F)C1. The molecule has 7 heteroatoms. The van der Waals surface area contributed by atoms with Crippen LogP contribution < -0.4 is 0 Å². The fourth-order valence-electron chi connectivity index (χ4n) is 2.70. The summed E-state index contributed by atoms with van der Waals surface area (Å²) in [7, 11) is 0. The van der Waals surface area contributed by atoms with Crippen LogP contribution >= 0.6 is 11.6 Å². The normalized spacial score (nSPS) is 16.1. The Morgan fingerprint density at radius 3 is 2.64 bits per heavy atom. The van der Waals surface area contributed by atoms with Gasteiger partial charge in [-0.25, -0.2) is 0 Å². The van der Waals surface area contributed by atoms with Crippen LogP contribution in [0.4, 0.5) is 13.2 Å². The van der Waals surface area contributed by atoms with Crippen LogP contribution in [-0.4, -0.2) is 35.1 Å². The molecule has 0 bridgehead atoms. The Morgan fingerprint density at radius 1 is 1.32 bits per heavy atom. The molecule has 2 heterocycles. The number of halogens is 4. The van der Waals surface area contributed by atoms with Gasteiger partial charge in [0.2, 0.25) is 0 Å². The number of carbonyl (C=O) groups excluding carboxylic acids is 1. The van der Waals surface area contributed by atoms with E-state index in [2.05, 4.69) is 4.98 Å². The average molecular weight is 331 g/mol. The van der Waals surface area contributed by atoms with Crippen molar-refractivity contribution in [3.05, 3.63) is 35.0 Å². The summed E-state index contributed by atoms with van der Waals surface area (Å²) in [6, 6.07) is 7.29. The molecule has 1 amide bonds. The number of carbonyl (C=O) groups is 1. The second kappa shape index (κ2) is 5.50. The number of rotatable bonds is 3. The number of benzene rings is 1. The van der Waals surface area contributed by atoms with Crippen molar-refractivity contribution in [2.45, 2.75) is 19.0 Å². The molecule has 0 aliphatic carbocycles. The third-order valence-electron chi connectivity index (χ3n) is 3.94. The summed E-state index contributed by atoms with van der Waals surface area (Å²) >= 11 is 6.21. The van der Waals surface area contributed by atoms with Crippen molar-refractivity contribution in [2.75, 3.05) is 13.1 Å². The van der Waals surface area contributed by atoms with Crippen LogP contribution in [0.15, 0.2) is 24.3 Å². The summed E-state index contributed by atoms with van der Waals surface area (Å²) in [5.41, 5.74) is 1.07. The maximum Gasteiger partial charge on any atom is 0.389 e. The number of para-hydroxylation sites is 1. The second-order valence-corrected chi connectivity index (χ2v) is 5.97. The van der Waals surface area contributed by atoms with E-state index < -0.39 is 12.6 Å². The number of likely N-dealkylation sites (tertiary alicyclic amines) is 1. The molecule has 3 nitrogen and oxygen atoms in total. The fourth-order valence-corrected chi connectivity index (χ4v) is 2.99. The van der Waals surface area contributed by atoms with Gasteiger partial charge in [0, 0.05) is 30.4 Å². The van der Waals surface area contributed by atoms with E-state index in [4.69, 9.17) is 11.6 Å². The Kier molecular flexibility index (Phi) is 3.80. The molecule has 0 radical (unpaired) electrons. The van der Waals surface area contributed by atoms with Crippen molar-refractivity contribution in [2.24, 2.45) is 5.92 Å². The predicted octanol–water partition coefficient (Wildman–Crippen LogP) is 4.24. The third kappa shape index (κ3) is 2.92. The fraction of sp³-hybridized carbons (Fsp3) is 0.400. The summed E-state index contributed by atoms with van der Waals surface area (Å²) in [5, 5.41) is 1.13. The first kappa shape index (κ1) is 15.2. The lowest BCUT2D eigenvalue weighted by Crippen LogP contribution is -2.50. The summed E-state index contributed by atoms with van der Waals surface area (Å²) in [4.78, 5) is 16.9. The molecule has 0 saturated carbocycles. The molecular formula is C15H14ClF3N2O. The number of aromatic amines is 1. The Labute approximate surface area is 130 Å². The Bertz CT molecular complexity index is 704. The van der Waals surface area contributed by atoms with Crippen molar-refractivity contribution >= 4 is 28.4 Å². The number of hydrogen-bond acceptors (Lipinski definition) is 1. The summed E-state index contributed by atoms with van der Waals surface area (Å²) in [6.45, 7) is 0.696. The van der Waals surface area contributed by atoms with Crippen molar-refractivity contribution in [1.82, 2.24) is 9.88 Å². The van der Waals surface area contributed by atoms with Gasteiger partial charge in [0.1, 0.15) is 5.69 Å². The van der Waals surface area contributed by atoms with Gasteiger partial charge in [-0.15, -0.1) is 0 Å². The minimum atomic E-state index is -4.13. The molecule has 0 unspecified atom stereocenters. The number of aromatic nitrogens is 1. The first-order valence-electron chi connectivity index (χ1n) is 6.97. The van der Waals surface area contributed by atoms with Crippen LogP contribution in [0.3, 0.4) is 0 Å². The van der Waals surface area contributed by atoms with Crippen LogP contribution in [0.25, 0.3) is 10.9 Å². The van der Waals surface area contributed by atoms with Crippen LogP contribution in [0.5, 0.6) is 0 Å². The first-order chi connectivity index (χ1) is 10.3. The molecule has 1 fully saturated rings. The van der Waals surface area contributed by atoms with Crippen molar-refractivity contribution in [3.8, 4) is 0 Å². The van der Waals surface area contributed by atoms with Crippen LogP contribution in [0.2, 0.25) is 5.02 Å². The van der Waals surface area contributed by atoms with E-state index in [9.17, 15) is 18.0 Å². The highest BCUT2D eigenvalue weighted by atomic mass is 35.5. The largest absolute Gasteiger partial charge is 0.389 e. The molecule has 22 heavy (non-hydrogen) atoms. The standard InChI is InChI=1S/C15H14ClF3N2O/c16-12-10-3-1-2-4-11(10)20-13(12)14(22)21-7-9(8-21)5-6-15(17,18)19/h1-4,9,20H,5-8H2. The average Bonchev–Trinajstić information content (AvgIpc) is 2.73. The van der Waals surface area contributed by atoms with Crippen LogP contribution in [-0.2, 0) is 0 Å². The number of amides is 1. The molecule has 1 aromatic heterocycles. The molecule has 0 atom stereocenters. The number of alkyl halides is 3. The third-order valence-corrected chi connectivity index (χ3v) is 4.33.